The number of para-hydroxylation sites is 1. The van der Waals surface area contributed by atoms with Crippen LogP contribution in [0.5, 0.6) is 0 Å². The zero-order chi connectivity index (χ0) is 20.8. The van der Waals surface area contributed by atoms with Crippen molar-refractivity contribution in [2.75, 3.05) is 18.4 Å². The van der Waals surface area contributed by atoms with Gasteiger partial charge in [-0.2, -0.15) is 0 Å². The van der Waals surface area contributed by atoms with Gasteiger partial charge in [0.15, 0.2) is 0 Å². The van der Waals surface area contributed by atoms with Crippen LogP contribution < -0.4 is 5.32 Å². The molecule has 2 heterocycles. The number of carbonyl (C=O) groups excluding carboxylic acids is 2. The van der Waals surface area contributed by atoms with E-state index in [-0.39, 0.29) is 17.7 Å². The summed E-state index contributed by atoms with van der Waals surface area (Å²) >= 11 is 1.49. The average molecular weight is 418 g/mol. The summed E-state index contributed by atoms with van der Waals surface area (Å²) in [6.45, 7) is 1.13. The molecule has 0 bridgehead atoms. The smallest absolute Gasteiger partial charge is 0.256 e. The molecule has 0 saturated carbocycles. The summed E-state index contributed by atoms with van der Waals surface area (Å²) in [5.41, 5.74) is 1.41. The molecule has 1 aliphatic heterocycles. The Labute approximate surface area is 180 Å². The molecular formula is C24H23N3O2S. The van der Waals surface area contributed by atoms with Crippen molar-refractivity contribution in [3.63, 3.8) is 0 Å². The van der Waals surface area contributed by atoms with Gasteiger partial charge in [-0.25, -0.2) is 4.98 Å². The molecule has 152 valence electrons. The van der Waals surface area contributed by atoms with E-state index in [1.807, 2.05) is 71.6 Å². The van der Waals surface area contributed by atoms with Gasteiger partial charge in [-0.1, -0.05) is 48.2 Å². The maximum atomic E-state index is 13.2. The lowest BCUT2D eigenvalue weighted by Crippen LogP contribution is -2.41. The quantitative estimate of drug-likeness (QED) is 0.652. The number of likely N-dealkylation sites (tertiary alicyclic amines) is 1. The second-order valence-electron chi connectivity index (χ2n) is 7.19. The van der Waals surface area contributed by atoms with Crippen molar-refractivity contribution in [1.29, 1.82) is 0 Å². The number of carbonyl (C=O) groups is 2. The first-order chi connectivity index (χ1) is 14.7. The highest BCUT2D eigenvalue weighted by Crippen LogP contribution is 2.30. The van der Waals surface area contributed by atoms with E-state index in [4.69, 9.17) is 0 Å². The van der Waals surface area contributed by atoms with Crippen molar-refractivity contribution in [3.8, 4) is 0 Å². The summed E-state index contributed by atoms with van der Waals surface area (Å²) in [4.78, 5) is 33.0. The summed E-state index contributed by atoms with van der Waals surface area (Å²) in [5.74, 6) is -0.0835. The van der Waals surface area contributed by atoms with Crippen molar-refractivity contribution in [2.24, 2.45) is 5.92 Å². The number of nitrogens with one attached hydrogen (secondary N) is 1. The summed E-state index contributed by atoms with van der Waals surface area (Å²) in [5, 5.41) is 3.67. The molecule has 6 heteroatoms. The van der Waals surface area contributed by atoms with Gasteiger partial charge >= 0.3 is 0 Å². The zero-order valence-corrected chi connectivity index (χ0v) is 17.3. The van der Waals surface area contributed by atoms with Gasteiger partial charge in [0.25, 0.3) is 5.91 Å². The predicted octanol–water partition coefficient (Wildman–Crippen LogP) is 4.72. The number of aromatic nitrogens is 1. The zero-order valence-electron chi connectivity index (χ0n) is 16.5. The highest BCUT2D eigenvalue weighted by atomic mass is 32.2. The number of hydrogen-bond donors (Lipinski definition) is 1. The van der Waals surface area contributed by atoms with E-state index in [9.17, 15) is 9.59 Å². The third kappa shape index (κ3) is 4.89. The normalized spacial score (nSPS) is 14.3. The van der Waals surface area contributed by atoms with Crippen molar-refractivity contribution >= 4 is 29.3 Å². The van der Waals surface area contributed by atoms with Crippen LogP contribution >= 0.6 is 11.8 Å². The molecule has 0 unspecified atom stereocenters. The Morgan fingerprint density at radius 2 is 1.57 bits per heavy atom. The Morgan fingerprint density at radius 1 is 0.900 bits per heavy atom. The molecule has 30 heavy (non-hydrogen) atoms. The van der Waals surface area contributed by atoms with Crippen LogP contribution in [0.4, 0.5) is 5.69 Å². The Hall–Kier alpha value is -3.12. The number of amides is 2. The van der Waals surface area contributed by atoms with Gasteiger partial charge in [0.05, 0.1) is 5.56 Å². The largest absolute Gasteiger partial charge is 0.339 e. The number of piperidine rings is 1. The SMILES string of the molecule is O=C(Nc1ccccc1)C1CCN(C(=O)c2cccnc2Sc2ccccc2)CC1. The van der Waals surface area contributed by atoms with Gasteiger partial charge in [0.1, 0.15) is 5.03 Å². The topological polar surface area (TPSA) is 62.3 Å². The fourth-order valence-electron chi connectivity index (χ4n) is 3.52. The van der Waals surface area contributed by atoms with Crippen LogP contribution in [0.1, 0.15) is 23.2 Å². The number of nitrogens with zero attached hydrogens (tertiary/aromatic N) is 2. The maximum Gasteiger partial charge on any atom is 0.256 e. The van der Waals surface area contributed by atoms with Gasteiger partial charge in [-0.3, -0.25) is 9.59 Å². The summed E-state index contributed by atoms with van der Waals surface area (Å²) < 4.78 is 0. The lowest BCUT2D eigenvalue weighted by Gasteiger charge is -2.31. The van der Waals surface area contributed by atoms with E-state index < -0.39 is 0 Å². The molecule has 0 radical (unpaired) electrons. The predicted molar refractivity (Wildman–Crippen MR) is 119 cm³/mol. The molecule has 0 atom stereocenters. The van der Waals surface area contributed by atoms with Crippen LogP contribution in [0.15, 0.2) is 88.9 Å². The summed E-state index contributed by atoms with van der Waals surface area (Å²) in [6, 6.07) is 23.0. The van der Waals surface area contributed by atoms with Crippen molar-refractivity contribution in [2.45, 2.75) is 22.8 Å². The van der Waals surface area contributed by atoms with Gasteiger partial charge < -0.3 is 10.2 Å². The van der Waals surface area contributed by atoms with E-state index in [1.54, 1.807) is 12.3 Å². The minimum absolute atomic E-state index is 0.0231. The third-order valence-electron chi connectivity index (χ3n) is 5.15. The van der Waals surface area contributed by atoms with Crippen LogP contribution in [0.2, 0.25) is 0 Å². The highest BCUT2D eigenvalue weighted by molar-refractivity contribution is 7.99. The Morgan fingerprint density at radius 3 is 2.27 bits per heavy atom. The number of rotatable bonds is 5. The fraction of sp³-hybridized carbons (Fsp3) is 0.208. The molecule has 1 fully saturated rings. The van der Waals surface area contributed by atoms with E-state index in [0.29, 0.717) is 36.5 Å². The molecule has 0 spiro atoms. The van der Waals surface area contributed by atoms with Crippen LogP contribution in [0.25, 0.3) is 0 Å². The van der Waals surface area contributed by atoms with Crippen molar-refractivity contribution < 1.29 is 9.59 Å². The molecule has 1 aromatic heterocycles. The molecule has 5 nitrogen and oxygen atoms in total. The minimum Gasteiger partial charge on any atom is -0.339 e. The molecule has 3 aromatic rings. The molecule has 1 N–H and O–H groups in total. The van der Waals surface area contributed by atoms with Crippen LogP contribution in [-0.2, 0) is 4.79 Å². The number of benzene rings is 2. The first-order valence-corrected chi connectivity index (χ1v) is 10.9. The highest BCUT2D eigenvalue weighted by Gasteiger charge is 2.29. The third-order valence-corrected chi connectivity index (χ3v) is 6.18. The van der Waals surface area contributed by atoms with E-state index in [0.717, 1.165) is 10.6 Å². The van der Waals surface area contributed by atoms with E-state index in [1.165, 1.54) is 11.8 Å². The van der Waals surface area contributed by atoms with Gasteiger partial charge in [-0.15, -0.1) is 0 Å². The molecule has 0 aliphatic carbocycles. The molecular weight excluding hydrogens is 394 g/mol. The minimum atomic E-state index is -0.0821. The standard InChI is InChI=1S/C24H23N3O2S/c28-22(26-19-8-3-1-4-9-19)18-13-16-27(17-14-18)24(29)21-12-7-15-25-23(21)30-20-10-5-2-6-11-20/h1-12,15,18H,13-14,16-17H2,(H,26,28). The monoisotopic (exact) mass is 417 g/mol. The summed E-state index contributed by atoms with van der Waals surface area (Å²) in [6.07, 6.45) is 3.03. The van der Waals surface area contributed by atoms with E-state index in [2.05, 4.69) is 10.3 Å². The lowest BCUT2D eigenvalue weighted by molar-refractivity contribution is -0.121. The Kier molecular flexibility index (Phi) is 6.44. The first kappa shape index (κ1) is 20.2. The molecule has 1 saturated heterocycles. The van der Waals surface area contributed by atoms with Crippen LogP contribution in [0.3, 0.4) is 0 Å². The number of anilines is 1. The maximum absolute atomic E-state index is 13.2. The second-order valence-corrected chi connectivity index (χ2v) is 8.26. The van der Waals surface area contributed by atoms with Gasteiger partial charge in [0, 0.05) is 35.8 Å². The lowest BCUT2D eigenvalue weighted by atomic mass is 9.95. The summed E-state index contributed by atoms with van der Waals surface area (Å²) in [7, 11) is 0. The molecule has 1 aliphatic rings. The van der Waals surface area contributed by atoms with Crippen molar-refractivity contribution in [3.05, 3.63) is 84.6 Å². The van der Waals surface area contributed by atoms with Crippen LogP contribution in [0, 0.1) is 5.92 Å². The van der Waals surface area contributed by atoms with E-state index >= 15 is 0 Å². The Bertz CT molecular complexity index is 1000. The molecule has 2 aromatic carbocycles. The Balaban J connectivity index is 1.38. The first-order valence-electron chi connectivity index (χ1n) is 10.0. The average Bonchev–Trinajstić information content (AvgIpc) is 2.80. The molecule has 2 amide bonds. The van der Waals surface area contributed by atoms with Crippen LogP contribution in [-0.4, -0.2) is 34.8 Å². The number of hydrogen-bond acceptors (Lipinski definition) is 4. The van der Waals surface area contributed by atoms with Gasteiger partial charge in [0.2, 0.25) is 5.91 Å². The number of pyridine rings is 1. The van der Waals surface area contributed by atoms with Gasteiger partial charge in [-0.05, 0) is 49.2 Å². The fourth-order valence-corrected chi connectivity index (χ4v) is 4.41. The molecule has 4 rings (SSSR count). The second kappa shape index (κ2) is 9.59. The van der Waals surface area contributed by atoms with Crippen molar-refractivity contribution in [1.82, 2.24) is 9.88 Å².